The van der Waals surface area contributed by atoms with E-state index < -0.39 is 9.84 Å². The van der Waals surface area contributed by atoms with Gasteiger partial charge >= 0.3 is 0 Å². The number of para-hydroxylation sites is 2. The topological polar surface area (TPSA) is 72.2 Å². The van der Waals surface area contributed by atoms with Crippen LogP contribution in [0.5, 0.6) is 0 Å². The molecule has 1 N–H and O–H groups in total. The number of rotatable bonds is 5. The van der Waals surface area contributed by atoms with Gasteiger partial charge in [0.25, 0.3) is 0 Å². The minimum atomic E-state index is -2.87. The quantitative estimate of drug-likeness (QED) is 0.911. The average Bonchev–Trinajstić information content (AvgIpc) is 3.00. The van der Waals surface area contributed by atoms with Gasteiger partial charge in [0.15, 0.2) is 21.3 Å². The molecule has 1 aromatic carbocycles. The van der Waals surface area contributed by atoms with Gasteiger partial charge in [-0.2, -0.15) is 0 Å². The van der Waals surface area contributed by atoms with E-state index in [2.05, 4.69) is 10.3 Å². The van der Waals surface area contributed by atoms with Crippen molar-refractivity contribution in [3.05, 3.63) is 30.2 Å². The Kier molecular flexibility index (Phi) is 3.99. The lowest BCUT2D eigenvalue weighted by Crippen LogP contribution is -2.38. The highest BCUT2D eigenvalue weighted by atomic mass is 32.2. The first kappa shape index (κ1) is 14.5. The van der Waals surface area contributed by atoms with E-state index in [-0.39, 0.29) is 17.7 Å². The van der Waals surface area contributed by atoms with Crippen molar-refractivity contribution in [3.63, 3.8) is 0 Å². The molecule has 1 saturated heterocycles. The van der Waals surface area contributed by atoms with Crippen molar-refractivity contribution in [3.8, 4) is 0 Å². The van der Waals surface area contributed by atoms with E-state index in [9.17, 15) is 8.42 Å². The summed E-state index contributed by atoms with van der Waals surface area (Å²) in [6, 6.07) is 7.77. The van der Waals surface area contributed by atoms with Crippen molar-refractivity contribution >= 4 is 20.9 Å². The largest absolute Gasteiger partial charge is 0.441 e. The van der Waals surface area contributed by atoms with Crippen LogP contribution in [-0.4, -0.2) is 37.5 Å². The Morgan fingerprint density at radius 3 is 2.90 bits per heavy atom. The molecule has 5 nitrogen and oxygen atoms in total. The molecular formula is C15H20N2O3S. The van der Waals surface area contributed by atoms with Gasteiger partial charge in [-0.25, -0.2) is 13.4 Å². The maximum atomic E-state index is 11.7. The van der Waals surface area contributed by atoms with Gasteiger partial charge in [-0.15, -0.1) is 0 Å². The highest BCUT2D eigenvalue weighted by Gasteiger charge is 2.34. The number of oxazole rings is 1. The van der Waals surface area contributed by atoms with E-state index in [0.717, 1.165) is 24.1 Å². The summed E-state index contributed by atoms with van der Waals surface area (Å²) < 4.78 is 29.1. The number of fused-ring (bicyclic) bond motifs is 1. The molecule has 2 heterocycles. The zero-order valence-corrected chi connectivity index (χ0v) is 12.9. The van der Waals surface area contributed by atoms with Crippen molar-refractivity contribution in [2.24, 2.45) is 5.92 Å². The first-order valence-electron chi connectivity index (χ1n) is 7.35. The normalized spacial score (nSPS) is 22.6. The molecular weight excluding hydrogens is 288 g/mol. The smallest absolute Gasteiger partial charge is 0.197 e. The fourth-order valence-electron chi connectivity index (χ4n) is 3.00. The Morgan fingerprint density at radius 1 is 1.43 bits per heavy atom. The van der Waals surface area contributed by atoms with Gasteiger partial charge in [0.1, 0.15) is 5.52 Å². The Labute approximate surface area is 124 Å². The summed E-state index contributed by atoms with van der Waals surface area (Å²) in [7, 11) is -2.87. The lowest BCUT2D eigenvalue weighted by atomic mass is 9.96. The van der Waals surface area contributed by atoms with Crippen LogP contribution in [0.2, 0.25) is 0 Å². The molecule has 3 rings (SSSR count). The SMILES string of the molecule is CCNC(Cc1nc2ccccc2o1)C1CCS(=O)(=O)C1. The van der Waals surface area contributed by atoms with Gasteiger partial charge < -0.3 is 9.73 Å². The summed E-state index contributed by atoms with van der Waals surface area (Å²) in [5, 5.41) is 3.39. The Morgan fingerprint density at radius 2 is 2.24 bits per heavy atom. The molecule has 1 aromatic heterocycles. The first-order valence-corrected chi connectivity index (χ1v) is 9.18. The third-order valence-corrected chi connectivity index (χ3v) is 5.83. The van der Waals surface area contributed by atoms with Crippen LogP contribution in [0, 0.1) is 5.92 Å². The Hall–Kier alpha value is -1.40. The number of aromatic nitrogens is 1. The molecule has 1 fully saturated rings. The molecule has 0 bridgehead atoms. The van der Waals surface area contributed by atoms with Crippen LogP contribution in [0.1, 0.15) is 19.2 Å². The Bertz CT molecular complexity index is 690. The molecule has 0 radical (unpaired) electrons. The number of nitrogens with zero attached hydrogens (tertiary/aromatic N) is 1. The molecule has 0 saturated carbocycles. The van der Waals surface area contributed by atoms with Crippen LogP contribution in [0.3, 0.4) is 0 Å². The van der Waals surface area contributed by atoms with Crippen molar-refractivity contribution in [2.45, 2.75) is 25.8 Å². The second kappa shape index (κ2) is 5.77. The van der Waals surface area contributed by atoms with Crippen molar-refractivity contribution in [2.75, 3.05) is 18.1 Å². The van der Waals surface area contributed by atoms with Crippen molar-refractivity contribution in [1.29, 1.82) is 0 Å². The maximum Gasteiger partial charge on any atom is 0.197 e. The van der Waals surface area contributed by atoms with Gasteiger partial charge in [0, 0.05) is 12.5 Å². The van der Waals surface area contributed by atoms with Crippen molar-refractivity contribution < 1.29 is 12.8 Å². The van der Waals surface area contributed by atoms with Gasteiger partial charge in [-0.1, -0.05) is 19.1 Å². The number of hydrogen-bond donors (Lipinski definition) is 1. The average molecular weight is 308 g/mol. The highest BCUT2D eigenvalue weighted by molar-refractivity contribution is 7.91. The van der Waals surface area contributed by atoms with Crippen LogP contribution in [0.4, 0.5) is 0 Å². The van der Waals surface area contributed by atoms with E-state index in [1.807, 2.05) is 31.2 Å². The number of benzene rings is 1. The summed E-state index contributed by atoms with van der Waals surface area (Å²) >= 11 is 0. The summed E-state index contributed by atoms with van der Waals surface area (Å²) in [5.74, 6) is 1.38. The van der Waals surface area contributed by atoms with E-state index >= 15 is 0 Å². The summed E-state index contributed by atoms with van der Waals surface area (Å²) in [6.45, 7) is 2.84. The minimum absolute atomic E-state index is 0.0975. The predicted octanol–water partition coefficient (Wildman–Crippen LogP) is 1.78. The van der Waals surface area contributed by atoms with Gasteiger partial charge in [-0.3, -0.25) is 0 Å². The summed E-state index contributed by atoms with van der Waals surface area (Å²) in [4.78, 5) is 4.49. The molecule has 0 amide bonds. The zero-order chi connectivity index (χ0) is 14.9. The molecule has 2 unspecified atom stereocenters. The highest BCUT2D eigenvalue weighted by Crippen LogP contribution is 2.25. The van der Waals surface area contributed by atoms with Crippen LogP contribution < -0.4 is 5.32 Å². The molecule has 1 aliphatic heterocycles. The standard InChI is InChI=1S/C15H20N2O3S/c1-2-16-13(11-7-8-21(18,19)10-11)9-15-17-12-5-3-4-6-14(12)20-15/h3-6,11,13,16H,2,7-10H2,1H3. The fourth-order valence-corrected chi connectivity index (χ4v) is 4.88. The third-order valence-electron chi connectivity index (χ3n) is 4.04. The van der Waals surface area contributed by atoms with Gasteiger partial charge in [0.05, 0.1) is 11.5 Å². The molecule has 6 heteroatoms. The van der Waals surface area contributed by atoms with Crippen molar-refractivity contribution in [1.82, 2.24) is 10.3 Å². The fraction of sp³-hybridized carbons (Fsp3) is 0.533. The van der Waals surface area contributed by atoms with Crippen LogP contribution in [0.15, 0.2) is 28.7 Å². The number of hydrogen-bond acceptors (Lipinski definition) is 5. The third kappa shape index (κ3) is 3.27. The second-order valence-electron chi connectivity index (χ2n) is 5.61. The van der Waals surface area contributed by atoms with Gasteiger partial charge in [0.2, 0.25) is 0 Å². The van der Waals surface area contributed by atoms with Crippen LogP contribution in [0.25, 0.3) is 11.1 Å². The first-order chi connectivity index (χ1) is 10.1. The molecule has 114 valence electrons. The van der Waals surface area contributed by atoms with E-state index in [1.54, 1.807) is 0 Å². The van der Waals surface area contributed by atoms with E-state index in [4.69, 9.17) is 4.42 Å². The number of likely N-dealkylation sites (N-methyl/N-ethyl adjacent to an activating group) is 1. The van der Waals surface area contributed by atoms with E-state index in [0.29, 0.717) is 18.1 Å². The number of nitrogens with one attached hydrogen (secondary N) is 1. The molecule has 21 heavy (non-hydrogen) atoms. The molecule has 0 aliphatic carbocycles. The summed E-state index contributed by atoms with van der Waals surface area (Å²) in [6.07, 6.45) is 1.35. The van der Waals surface area contributed by atoms with E-state index in [1.165, 1.54) is 0 Å². The van der Waals surface area contributed by atoms with Gasteiger partial charge in [-0.05, 0) is 31.0 Å². The Balaban J connectivity index is 1.78. The molecule has 0 spiro atoms. The minimum Gasteiger partial charge on any atom is -0.441 e. The summed E-state index contributed by atoms with van der Waals surface area (Å²) in [5.41, 5.74) is 1.63. The maximum absolute atomic E-state index is 11.7. The lowest BCUT2D eigenvalue weighted by molar-refractivity contribution is 0.358. The predicted molar refractivity (Wildman–Crippen MR) is 81.9 cm³/mol. The second-order valence-corrected chi connectivity index (χ2v) is 7.84. The monoisotopic (exact) mass is 308 g/mol. The zero-order valence-electron chi connectivity index (χ0n) is 12.1. The van der Waals surface area contributed by atoms with Crippen LogP contribution >= 0.6 is 0 Å². The van der Waals surface area contributed by atoms with Crippen LogP contribution in [-0.2, 0) is 16.3 Å². The number of sulfone groups is 1. The molecule has 2 atom stereocenters. The molecule has 2 aromatic rings. The lowest BCUT2D eigenvalue weighted by Gasteiger charge is -2.21. The molecule has 1 aliphatic rings.